The zero-order valence-electron chi connectivity index (χ0n) is 10.7. The number of carbonyl (C=O) groups is 1. The zero-order valence-corrected chi connectivity index (χ0v) is 12.3. The Morgan fingerprint density at radius 1 is 1.26 bits per heavy atom. The molecule has 2 N–H and O–H groups in total. The van der Waals surface area contributed by atoms with Crippen LogP contribution in [-0.4, -0.2) is 43.5 Å². The first-order valence-electron chi connectivity index (χ1n) is 6.18. The van der Waals surface area contributed by atoms with Crippen molar-refractivity contribution in [2.24, 2.45) is 0 Å². The van der Waals surface area contributed by atoms with Crippen LogP contribution in [0.15, 0.2) is 24.3 Å². The Morgan fingerprint density at radius 3 is 2.53 bits per heavy atom. The minimum Gasteiger partial charge on any atom is -0.351 e. The van der Waals surface area contributed by atoms with Crippen LogP contribution in [0, 0.1) is 0 Å². The lowest BCUT2D eigenvalue weighted by Crippen LogP contribution is -2.47. The van der Waals surface area contributed by atoms with Gasteiger partial charge in [-0.3, -0.25) is 9.69 Å². The standard InChI is InChI=1S/C13H18ClN3O.ClH/c14-12-3-1-11(2-4-12)9-16-13(18)10-17-7-5-15-6-8-17;/h1-4,15H,5-10H2,(H,16,18);1H. The molecule has 0 saturated carbocycles. The smallest absolute Gasteiger partial charge is 0.234 e. The molecule has 0 atom stereocenters. The highest BCUT2D eigenvalue weighted by Crippen LogP contribution is 2.09. The quantitative estimate of drug-likeness (QED) is 0.881. The second-order valence-electron chi connectivity index (χ2n) is 4.43. The molecule has 0 unspecified atom stereocenters. The highest BCUT2D eigenvalue weighted by Gasteiger charge is 2.12. The molecule has 2 rings (SSSR count). The van der Waals surface area contributed by atoms with Gasteiger partial charge < -0.3 is 10.6 Å². The van der Waals surface area contributed by atoms with E-state index in [2.05, 4.69) is 15.5 Å². The fourth-order valence-corrected chi connectivity index (χ4v) is 2.06. The summed E-state index contributed by atoms with van der Waals surface area (Å²) in [6.07, 6.45) is 0. The number of halogens is 2. The van der Waals surface area contributed by atoms with Gasteiger partial charge in [0.1, 0.15) is 0 Å². The molecule has 1 heterocycles. The molecule has 106 valence electrons. The van der Waals surface area contributed by atoms with Crippen molar-refractivity contribution >= 4 is 29.9 Å². The fraction of sp³-hybridized carbons (Fsp3) is 0.462. The van der Waals surface area contributed by atoms with Crippen molar-refractivity contribution in [2.45, 2.75) is 6.54 Å². The molecule has 1 amide bonds. The summed E-state index contributed by atoms with van der Waals surface area (Å²) in [7, 11) is 0. The van der Waals surface area contributed by atoms with Crippen LogP contribution in [-0.2, 0) is 11.3 Å². The lowest BCUT2D eigenvalue weighted by Gasteiger charge is -2.26. The number of hydrogen-bond acceptors (Lipinski definition) is 3. The van der Waals surface area contributed by atoms with Crippen molar-refractivity contribution in [3.05, 3.63) is 34.9 Å². The summed E-state index contributed by atoms with van der Waals surface area (Å²) in [5.41, 5.74) is 1.06. The number of benzene rings is 1. The van der Waals surface area contributed by atoms with Gasteiger partial charge in [0.15, 0.2) is 0 Å². The SMILES string of the molecule is Cl.O=C(CN1CCNCC1)NCc1ccc(Cl)cc1. The van der Waals surface area contributed by atoms with Gasteiger partial charge >= 0.3 is 0 Å². The van der Waals surface area contributed by atoms with Crippen molar-refractivity contribution in [3.8, 4) is 0 Å². The summed E-state index contributed by atoms with van der Waals surface area (Å²) in [5.74, 6) is 0.0758. The maximum atomic E-state index is 11.8. The van der Waals surface area contributed by atoms with E-state index >= 15 is 0 Å². The van der Waals surface area contributed by atoms with Crippen molar-refractivity contribution in [1.82, 2.24) is 15.5 Å². The average Bonchev–Trinajstić information content (AvgIpc) is 2.39. The van der Waals surface area contributed by atoms with E-state index in [1.165, 1.54) is 0 Å². The van der Waals surface area contributed by atoms with E-state index < -0.39 is 0 Å². The number of nitrogens with one attached hydrogen (secondary N) is 2. The molecule has 0 spiro atoms. The van der Waals surface area contributed by atoms with Crippen LogP contribution in [0.4, 0.5) is 0 Å². The number of hydrogen-bond donors (Lipinski definition) is 2. The van der Waals surface area contributed by atoms with Crippen molar-refractivity contribution in [2.75, 3.05) is 32.7 Å². The molecule has 0 radical (unpaired) electrons. The minimum atomic E-state index is 0. The first-order valence-corrected chi connectivity index (χ1v) is 6.56. The van der Waals surface area contributed by atoms with E-state index in [0.717, 1.165) is 31.7 Å². The molecule has 1 aromatic carbocycles. The second-order valence-corrected chi connectivity index (χ2v) is 4.87. The van der Waals surface area contributed by atoms with Crippen molar-refractivity contribution < 1.29 is 4.79 Å². The first-order chi connectivity index (χ1) is 8.74. The molecule has 1 saturated heterocycles. The molecule has 19 heavy (non-hydrogen) atoms. The van der Waals surface area contributed by atoms with E-state index in [1.807, 2.05) is 24.3 Å². The third-order valence-electron chi connectivity index (χ3n) is 2.98. The molecule has 1 aliphatic heterocycles. The molecule has 0 aromatic heterocycles. The largest absolute Gasteiger partial charge is 0.351 e. The number of rotatable bonds is 4. The Hall–Kier alpha value is -0.810. The summed E-state index contributed by atoms with van der Waals surface area (Å²) >= 11 is 5.80. The van der Waals surface area contributed by atoms with Gasteiger partial charge in [-0.15, -0.1) is 12.4 Å². The Labute approximate surface area is 124 Å². The summed E-state index contributed by atoms with van der Waals surface area (Å²) < 4.78 is 0. The summed E-state index contributed by atoms with van der Waals surface area (Å²) in [4.78, 5) is 13.9. The maximum Gasteiger partial charge on any atom is 0.234 e. The minimum absolute atomic E-state index is 0. The van der Waals surface area contributed by atoms with Crippen LogP contribution in [0.25, 0.3) is 0 Å². The molecule has 4 nitrogen and oxygen atoms in total. The van der Waals surface area contributed by atoms with Crippen LogP contribution in [0.5, 0.6) is 0 Å². The predicted molar refractivity (Wildman–Crippen MR) is 79.9 cm³/mol. The van der Waals surface area contributed by atoms with Gasteiger partial charge in [-0.1, -0.05) is 23.7 Å². The highest BCUT2D eigenvalue weighted by molar-refractivity contribution is 6.30. The Morgan fingerprint density at radius 2 is 1.89 bits per heavy atom. The topological polar surface area (TPSA) is 44.4 Å². The molecular formula is C13H19Cl2N3O. The van der Waals surface area contributed by atoms with E-state index in [1.54, 1.807) is 0 Å². The Bertz CT molecular complexity index is 391. The van der Waals surface area contributed by atoms with Gasteiger partial charge in [0, 0.05) is 37.7 Å². The number of carbonyl (C=O) groups excluding carboxylic acids is 1. The van der Waals surface area contributed by atoms with Crippen molar-refractivity contribution in [1.29, 1.82) is 0 Å². The molecule has 1 aliphatic rings. The van der Waals surface area contributed by atoms with Crippen LogP contribution in [0.2, 0.25) is 5.02 Å². The fourth-order valence-electron chi connectivity index (χ4n) is 1.93. The monoisotopic (exact) mass is 303 g/mol. The van der Waals surface area contributed by atoms with Crippen LogP contribution >= 0.6 is 24.0 Å². The van der Waals surface area contributed by atoms with E-state index in [4.69, 9.17) is 11.6 Å². The molecule has 0 bridgehead atoms. The van der Waals surface area contributed by atoms with E-state index in [-0.39, 0.29) is 18.3 Å². The molecule has 0 aliphatic carbocycles. The van der Waals surface area contributed by atoms with Gasteiger partial charge in [-0.2, -0.15) is 0 Å². The first kappa shape index (κ1) is 16.2. The van der Waals surface area contributed by atoms with Crippen molar-refractivity contribution in [3.63, 3.8) is 0 Å². The molecular weight excluding hydrogens is 285 g/mol. The lowest BCUT2D eigenvalue weighted by molar-refractivity contribution is -0.122. The predicted octanol–water partition coefficient (Wildman–Crippen LogP) is 1.28. The van der Waals surface area contributed by atoms with E-state index in [0.29, 0.717) is 18.1 Å². The summed E-state index contributed by atoms with van der Waals surface area (Å²) in [6, 6.07) is 7.51. The molecule has 1 fully saturated rings. The van der Waals surface area contributed by atoms with Gasteiger partial charge in [-0.25, -0.2) is 0 Å². The van der Waals surface area contributed by atoms with Gasteiger partial charge in [0.25, 0.3) is 0 Å². The maximum absolute atomic E-state index is 11.8. The lowest BCUT2D eigenvalue weighted by atomic mass is 10.2. The van der Waals surface area contributed by atoms with E-state index in [9.17, 15) is 4.79 Å². The van der Waals surface area contributed by atoms with Gasteiger partial charge in [0.2, 0.25) is 5.91 Å². The highest BCUT2D eigenvalue weighted by atomic mass is 35.5. The molecule has 1 aromatic rings. The Kier molecular flexibility index (Phi) is 7.16. The Balaban J connectivity index is 0.00000180. The third-order valence-corrected chi connectivity index (χ3v) is 3.23. The van der Waals surface area contributed by atoms with Gasteiger partial charge in [-0.05, 0) is 17.7 Å². The number of piperazine rings is 1. The van der Waals surface area contributed by atoms with Crippen LogP contribution < -0.4 is 10.6 Å². The summed E-state index contributed by atoms with van der Waals surface area (Å²) in [5, 5.41) is 6.90. The van der Waals surface area contributed by atoms with Gasteiger partial charge in [0.05, 0.1) is 6.54 Å². The third kappa shape index (κ3) is 5.78. The van der Waals surface area contributed by atoms with Crippen LogP contribution in [0.3, 0.4) is 0 Å². The van der Waals surface area contributed by atoms with Crippen LogP contribution in [0.1, 0.15) is 5.56 Å². The average molecular weight is 304 g/mol. The zero-order chi connectivity index (χ0) is 12.8. The normalized spacial score (nSPS) is 15.6. The molecule has 6 heteroatoms. The number of amides is 1. The number of nitrogens with zero attached hydrogens (tertiary/aromatic N) is 1. The second kappa shape index (κ2) is 8.38. The summed E-state index contributed by atoms with van der Waals surface area (Å²) in [6.45, 7) is 4.84.